The van der Waals surface area contributed by atoms with Crippen molar-refractivity contribution in [2.24, 2.45) is 0 Å². The first-order valence-electron chi connectivity index (χ1n) is 6.55. The molecule has 0 aliphatic rings. The summed E-state index contributed by atoms with van der Waals surface area (Å²) in [5.74, 6) is -0.367. The van der Waals surface area contributed by atoms with Crippen LogP contribution in [0.5, 0.6) is 5.75 Å². The predicted octanol–water partition coefficient (Wildman–Crippen LogP) is 2.07. The first-order chi connectivity index (χ1) is 10.6. The van der Waals surface area contributed by atoms with Crippen molar-refractivity contribution < 1.29 is 19.1 Å². The lowest BCUT2D eigenvalue weighted by Gasteiger charge is -2.10. The van der Waals surface area contributed by atoms with E-state index in [4.69, 9.17) is 10.5 Å². The standard InChI is InChI=1S/C16H16N2O4/c1-21-16(20)13-4-2-3-5-14(13)18-15(19)10-22-12-8-6-11(17)7-9-12/h2-9H,10,17H2,1H3,(H,18,19). The fourth-order valence-corrected chi connectivity index (χ4v) is 1.78. The van der Waals surface area contributed by atoms with Crippen LogP contribution < -0.4 is 15.8 Å². The van der Waals surface area contributed by atoms with Crippen molar-refractivity contribution in [2.75, 3.05) is 24.8 Å². The Hall–Kier alpha value is -3.02. The van der Waals surface area contributed by atoms with Gasteiger partial charge in [0.25, 0.3) is 5.91 Å². The average molecular weight is 300 g/mol. The van der Waals surface area contributed by atoms with Crippen LogP contribution in [0.25, 0.3) is 0 Å². The summed E-state index contributed by atoms with van der Waals surface area (Å²) in [6.45, 7) is -0.181. The number of rotatable bonds is 5. The highest BCUT2D eigenvalue weighted by molar-refractivity contribution is 6.01. The minimum Gasteiger partial charge on any atom is -0.484 e. The van der Waals surface area contributed by atoms with E-state index in [2.05, 4.69) is 10.1 Å². The third kappa shape index (κ3) is 3.99. The van der Waals surface area contributed by atoms with Crippen LogP contribution >= 0.6 is 0 Å². The van der Waals surface area contributed by atoms with Crippen LogP contribution in [0.15, 0.2) is 48.5 Å². The number of methoxy groups -OCH3 is 1. The number of nitrogens with two attached hydrogens (primary N) is 1. The fourth-order valence-electron chi connectivity index (χ4n) is 1.78. The molecule has 2 rings (SSSR count). The normalized spacial score (nSPS) is 9.86. The Balaban J connectivity index is 1.97. The summed E-state index contributed by atoms with van der Waals surface area (Å²) in [6, 6.07) is 13.3. The Bertz CT molecular complexity index is 668. The number of amides is 1. The lowest BCUT2D eigenvalue weighted by atomic mass is 10.2. The quantitative estimate of drug-likeness (QED) is 0.651. The minimum absolute atomic E-state index is 0.181. The zero-order valence-electron chi connectivity index (χ0n) is 12.0. The third-order valence-corrected chi connectivity index (χ3v) is 2.86. The molecule has 2 aromatic rings. The number of hydrogen-bond acceptors (Lipinski definition) is 5. The minimum atomic E-state index is -0.518. The smallest absolute Gasteiger partial charge is 0.339 e. The molecule has 0 aromatic heterocycles. The van der Waals surface area contributed by atoms with Crippen molar-refractivity contribution in [2.45, 2.75) is 0 Å². The predicted molar refractivity (Wildman–Crippen MR) is 82.8 cm³/mol. The van der Waals surface area contributed by atoms with Gasteiger partial charge in [0, 0.05) is 5.69 Å². The maximum absolute atomic E-state index is 11.9. The molecule has 3 N–H and O–H groups in total. The second-order valence-electron chi connectivity index (χ2n) is 4.44. The van der Waals surface area contributed by atoms with E-state index >= 15 is 0 Å². The number of ether oxygens (including phenoxy) is 2. The summed E-state index contributed by atoms with van der Waals surface area (Å²) in [4.78, 5) is 23.5. The molecule has 0 fully saturated rings. The van der Waals surface area contributed by atoms with Crippen LogP contribution in [0, 0.1) is 0 Å². The van der Waals surface area contributed by atoms with Gasteiger partial charge in [0.05, 0.1) is 18.4 Å². The Labute approximate surface area is 127 Å². The van der Waals surface area contributed by atoms with Crippen LogP contribution in [0.1, 0.15) is 10.4 Å². The molecule has 0 atom stereocenters. The summed E-state index contributed by atoms with van der Waals surface area (Å²) >= 11 is 0. The number of nitrogens with one attached hydrogen (secondary N) is 1. The van der Waals surface area contributed by atoms with E-state index in [1.807, 2.05) is 0 Å². The Kier molecular flexibility index (Phi) is 4.98. The highest BCUT2D eigenvalue weighted by atomic mass is 16.5. The van der Waals surface area contributed by atoms with Crippen LogP contribution in [-0.2, 0) is 9.53 Å². The van der Waals surface area contributed by atoms with Gasteiger partial charge in [-0.05, 0) is 36.4 Å². The maximum Gasteiger partial charge on any atom is 0.339 e. The molecule has 0 aliphatic heterocycles. The number of esters is 1. The summed E-state index contributed by atoms with van der Waals surface area (Å²) in [7, 11) is 1.28. The Morgan fingerprint density at radius 2 is 1.77 bits per heavy atom. The number of para-hydroxylation sites is 1. The molecule has 0 radical (unpaired) electrons. The number of hydrogen-bond donors (Lipinski definition) is 2. The van der Waals surface area contributed by atoms with Crippen LogP contribution in [0.4, 0.5) is 11.4 Å². The summed E-state index contributed by atoms with van der Waals surface area (Å²) < 4.78 is 10.0. The number of anilines is 2. The van der Waals surface area contributed by atoms with Gasteiger partial charge < -0.3 is 20.5 Å². The molecule has 2 aromatic carbocycles. The molecule has 0 saturated carbocycles. The number of carbonyl (C=O) groups excluding carboxylic acids is 2. The Morgan fingerprint density at radius 1 is 1.09 bits per heavy atom. The molecule has 0 aliphatic carbocycles. The van der Waals surface area contributed by atoms with E-state index in [-0.39, 0.29) is 18.1 Å². The molecule has 0 saturated heterocycles. The van der Waals surface area contributed by atoms with E-state index < -0.39 is 5.97 Å². The number of carbonyl (C=O) groups is 2. The molecule has 0 bridgehead atoms. The largest absolute Gasteiger partial charge is 0.484 e. The van der Waals surface area contributed by atoms with Gasteiger partial charge in [-0.25, -0.2) is 4.79 Å². The third-order valence-electron chi connectivity index (χ3n) is 2.86. The van der Waals surface area contributed by atoms with Crippen molar-refractivity contribution in [3.63, 3.8) is 0 Å². The summed E-state index contributed by atoms with van der Waals surface area (Å²) in [6.07, 6.45) is 0. The topological polar surface area (TPSA) is 90.6 Å². The van der Waals surface area contributed by atoms with Crippen LogP contribution in [-0.4, -0.2) is 25.6 Å². The lowest BCUT2D eigenvalue weighted by Crippen LogP contribution is -2.21. The molecule has 22 heavy (non-hydrogen) atoms. The number of benzene rings is 2. The second-order valence-corrected chi connectivity index (χ2v) is 4.44. The van der Waals surface area contributed by atoms with Crippen molar-refractivity contribution in [1.29, 1.82) is 0 Å². The highest BCUT2D eigenvalue weighted by Gasteiger charge is 2.13. The van der Waals surface area contributed by atoms with Crippen molar-refractivity contribution in [3.8, 4) is 5.75 Å². The molecule has 1 amide bonds. The highest BCUT2D eigenvalue weighted by Crippen LogP contribution is 2.16. The lowest BCUT2D eigenvalue weighted by molar-refractivity contribution is -0.118. The molecule has 0 unspecified atom stereocenters. The van der Waals surface area contributed by atoms with E-state index in [1.165, 1.54) is 7.11 Å². The van der Waals surface area contributed by atoms with Gasteiger partial charge in [0.1, 0.15) is 5.75 Å². The van der Waals surface area contributed by atoms with Gasteiger partial charge in [0.15, 0.2) is 6.61 Å². The van der Waals surface area contributed by atoms with Crippen LogP contribution in [0.3, 0.4) is 0 Å². The SMILES string of the molecule is COC(=O)c1ccccc1NC(=O)COc1ccc(N)cc1. The van der Waals surface area contributed by atoms with Gasteiger partial charge >= 0.3 is 5.97 Å². The fraction of sp³-hybridized carbons (Fsp3) is 0.125. The van der Waals surface area contributed by atoms with Crippen LogP contribution in [0.2, 0.25) is 0 Å². The zero-order chi connectivity index (χ0) is 15.9. The maximum atomic E-state index is 11.9. The van der Waals surface area contributed by atoms with E-state index in [0.29, 0.717) is 17.1 Å². The Morgan fingerprint density at radius 3 is 2.45 bits per heavy atom. The molecular weight excluding hydrogens is 284 g/mol. The summed E-state index contributed by atoms with van der Waals surface area (Å²) in [5, 5.41) is 2.62. The van der Waals surface area contributed by atoms with Gasteiger partial charge in [-0.1, -0.05) is 12.1 Å². The summed E-state index contributed by atoms with van der Waals surface area (Å²) in [5.41, 5.74) is 6.84. The van der Waals surface area contributed by atoms with Gasteiger partial charge in [-0.3, -0.25) is 4.79 Å². The first-order valence-corrected chi connectivity index (χ1v) is 6.55. The van der Waals surface area contributed by atoms with Gasteiger partial charge in [-0.15, -0.1) is 0 Å². The van der Waals surface area contributed by atoms with E-state index in [0.717, 1.165) is 0 Å². The molecule has 0 heterocycles. The molecule has 6 heteroatoms. The van der Waals surface area contributed by atoms with Crippen molar-refractivity contribution in [1.82, 2.24) is 0 Å². The second kappa shape index (κ2) is 7.12. The van der Waals surface area contributed by atoms with Gasteiger partial charge in [0.2, 0.25) is 0 Å². The van der Waals surface area contributed by atoms with Gasteiger partial charge in [-0.2, -0.15) is 0 Å². The number of nitrogen functional groups attached to an aromatic ring is 1. The zero-order valence-corrected chi connectivity index (χ0v) is 12.0. The monoisotopic (exact) mass is 300 g/mol. The molecule has 0 spiro atoms. The molecule has 114 valence electrons. The van der Waals surface area contributed by atoms with E-state index in [1.54, 1.807) is 48.5 Å². The van der Waals surface area contributed by atoms with E-state index in [9.17, 15) is 9.59 Å². The van der Waals surface area contributed by atoms with Crippen molar-refractivity contribution >= 4 is 23.3 Å². The molecule has 6 nitrogen and oxygen atoms in total. The average Bonchev–Trinajstić information content (AvgIpc) is 2.54. The van der Waals surface area contributed by atoms with Crippen molar-refractivity contribution in [3.05, 3.63) is 54.1 Å². The molecular formula is C16H16N2O4. The first kappa shape index (κ1) is 15.4.